The Bertz CT molecular complexity index is 211. The molecule has 0 aromatic carbocycles. The summed E-state index contributed by atoms with van der Waals surface area (Å²) in [6.45, 7) is 6.66. The SMILES string of the molecule is CC.C[C@@H]1CCCN1S(C)(=O)=O. The fourth-order valence-corrected chi connectivity index (χ4v) is 2.62. The molecule has 0 aliphatic carbocycles. The van der Waals surface area contributed by atoms with Crippen LogP contribution in [0.4, 0.5) is 0 Å². The van der Waals surface area contributed by atoms with Gasteiger partial charge in [0.15, 0.2) is 0 Å². The van der Waals surface area contributed by atoms with Crippen molar-refractivity contribution in [2.24, 2.45) is 0 Å². The minimum atomic E-state index is -2.92. The molecule has 0 aromatic rings. The summed E-state index contributed by atoms with van der Waals surface area (Å²) in [7, 11) is -2.92. The van der Waals surface area contributed by atoms with Gasteiger partial charge >= 0.3 is 0 Å². The Labute approximate surface area is 75.8 Å². The van der Waals surface area contributed by atoms with Crippen molar-refractivity contribution in [2.45, 2.75) is 39.7 Å². The van der Waals surface area contributed by atoms with Crippen LogP contribution in [0.3, 0.4) is 0 Å². The number of rotatable bonds is 1. The zero-order chi connectivity index (χ0) is 9.78. The zero-order valence-electron chi connectivity index (χ0n) is 8.37. The van der Waals surface area contributed by atoms with Gasteiger partial charge in [-0.25, -0.2) is 8.42 Å². The van der Waals surface area contributed by atoms with Crippen molar-refractivity contribution in [1.82, 2.24) is 4.31 Å². The van der Waals surface area contributed by atoms with Crippen molar-refractivity contribution in [3.8, 4) is 0 Å². The minimum Gasteiger partial charge on any atom is -0.212 e. The van der Waals surface area contributed by atoms with Crippen LogP contribution in [0.5, 0.6) is 0 Å². The van der Waals surface area contributed by atoms with E-state index >= 15 is 0 Å². The van der Waals surface area contributed by atoms with Crippen molar-refractivity contribution in [3.63, 3.8) is 0 Å². The number of nitrogens with zero attached hydrogens (tertiary/aromatic N) is 1. The summed E-state index contributed by atoms with van der Waals surface area (Å²) in [6.07, 6.45) is 3.29. The molecule has 1 fully saturated rings. The average Bonchev–Trinajstić information content (AvgIpc) is 2.38. The molecule has 0 aromatic heterocycles. The normalized spacial score (nSPS) is 24.8. The first-order valence-corrected chi connectivity index (χ1v) is 6.33. The van der Waals surface area contributed by atoms with Gasteiger partial charge in [0, 0.05) is 12.6 Å². The molecule has 1 heterocycles. The molecule has 1 aliphatic rings. The highest BCUT2D eigenvalue weighted by atomic mass is 32.2. The van der Waals surface area contributed by atoms with Gasteiger partial charge in [0.05, 0.1) is 6.26 Å². The summed E-state index contributed by atoms with van der Waals surface area (Å²) in [4.78, 5) is 0. The Kier molecular flexibility index (Phi) is 4.78. The van der Waals surface area contributed by atoms with Gasteiger partial charge in [0.2, 0.25) is 10.0 Å². The summed E-state index contributed by atoms with van der Waals surface area (Å²) in [5.74, 6) is 0. The number of sulfonamides is 1. The molecule has 0 unspecified atom stereocenters. The van der Waals surface area contributed by atoms with Gasteiger partial charge in [-0.1, -0.05) is 13.8 Å². The van der Waals surface area contributed by atoms with Crippen LogP contribution in [-0.2, 0) is 10.0 Å². The molecular weight excluding hydrogens is 174 g/mol. The van der Waals surface area contributed by atoms with E-state index in [1.165, 1.54) is 6.26 Å². The van der Waals surface area contributed by atoms with E-state index in [0.717, 1.165) is 12.8 Å². The minimum absolute atomic E-state index is 0.218. The van der Waals surface area contributed by atoms with Crippen LogP contribution in [0.1, 0.15) is 33.6 Å². The standard InChI is InChI=1S/C6H13NO2S.C2H6/c1-6-4-3-5-7(6)10(2,8)9;1-2/h6H,3-5H2,1-2H3;1-2H3/t6-;/m1./s1. The molecule has 4 heteroatoms. The lowest BCUT2D eigenvalue weighted by Crippen LogP contribution is -2.32. The van der Waals surface area contributed by atoms with Gasteiger partial charge in [-0.15, -0.1) is 0 Å². The van der Waals surface area contributed by atoms with E-state index < -0.39 is 10.0 Å². The zero-order valence-corrected chi connectivity index (χ0v) is 9.19. The molecule has 0 saturated carbocycles. The van der Waals surface area contributed by atoms with Crippen LogP contribution in [0, 0.1) is 0 Å². The smallest absolute Gasteiger partial charge is 0.211 e. The molecular formula is C8H19NO2S. The van der Waals surface area contributed by atoms with E-state index in [9.17, 15) is 8.42 Å². The van der Waals surface area contributed by atoms with Gasteiger partial charge < -0.3 is 0 Å². The van der Waals surface area contributed by atoms with Crippen LogP contribution in [-0.4, -0.2) is 31.6 Å². The van der Waals surface area contributed by atoms with Crippen LogP contribution in [0.2, 0.25) is 0 Å². The highest BCUT2D eigenvalue weighted by Gasteiger charge is 2.27. The topological polar surface area (TPSA) is 37.4 Å². The summed E-state index contributed by atoms with van der Waals surface area (Å²) in [5.41, 5.74) is 0. The van der Waals surface area contributed by atoms with Crippen molar-refractivity contribution in [2.75, 3.05) is 12.8 Å². The highest BCUT2D eigenvalue weighted by molar-refractivity contribution is 7.88. The van der Waals surface area contributed by atoms with E-state index in [4.69, 9.17) is 0 Å². The molecule has 0 radical (unpaired) electrons. The van der Waals surface area contributed by atoms with Crippen LogP contribution in [0.25, 0.3) is 0 Å². The molecule has 3 nitrogen and oxygen atoms in total. The molecule has 1 rings (SSSR count). The second kappa shape index (κ2) is 4.82. The lowest BCUT2D eigenvalue weighted by Gasteiger charge is -2.17. The lowest BCUT2D eigenvalue weighted by atomic mass is 10.3. The van der Waals surface area contributed by atoms with Crippen molar-refractivity contribution in [1.29, 1.82) is 0 Å². The van der Waals surface area contributed by atoms with Crippen LogP contribution in [0.15, 0.2) is 0 Å². The maximum absolute atomic E-state index is 11.0. The second-order valence-electron chi connectivity index (χ2n) is 2.86. The first-order valence-electron chi connectivity index (χ1n) is 4.48. The predicted octanol–water partition coefficient (Wildman–Crippen LogP) is 1.46. The molecule has 1 saturated heterocycles. The highest BCUT2D eigenvalue weighted by Crippen LogP contribution is 2.18. The Balaban J connectivity index is 0.000000561. The summed E-state index contributed by atoms with van der Waals surface area (Å²) in [6, 6.07) is 0.218. The van der Waals surface area contributed by atoms with Crippen LogP contribution < -0.4 is 0 Å². The largest absolute Gasteiger partial charge is 0.212 e. The lowest BCUT2D eigenvalue weighted by molar-refractivity contribution is 0.412. The molecule has 0 spiro atoms. The summed E-state index contributed by atoms with van der Waals surface area (Å²) >= 11 is 0. The summed E-state index contributed by atoms with van der Waals surface area (Å²) in [5, 5.41) is 0. The Morgan fingerprint density at radius 3 is 2.00 bits per heavy atom. The molecule has 12 heavy (non-hydrogen) atoms. The fourth-order valence-electron chi connectivity index (χ4n) is 1.40. The first kappa shape index (κ1) is 11.9. The molecule has 74 valence electrons. The monoisotopic (exact) mass is 193 g/mol. The third-order valence-corrected chi connectivity index (χ3v) is 3.31. The predicted molar refractivity (Wildman–Crippen MR) is 51.6 cm³/mol. The molecule has 1 aliphatic heterocycles. The Morgan fingerprint density at radius 1 is 1.33 bits per heavy atom. The molecule has 0 bridgehead atoms. The maximum atomic E-state index is 11.0. The van der Waals surface area contributed by atoms with E-state index in [0.29, 0.717) is 6.54 Å². The number of hydrogen-bond acceptors (Lipinski definition) is 2. The molecule has 0 N–H and O–H groups in total. The van der Waals surface area contributed by atoms with Crippen LogP contribution >= 0.6 is 0 Å². The van der Waals surface area contributed by atoms with Gasteiger partial charge in [0.1, 0.15) is 0 Å². The van der Waals surface area contributed by atoms with Gasteiger partial charge in [-0.3, -0.25) is 0 Å². The quantitative estimate of drug-likeness (QED) is 0.632. The molecule has 1 atom stereocenters. The Morgan fingerprint density at radius 2 is 1.83 bits per heavy atom. The third kappa shape index (κ3) is 3.11. The maximum Gasteiger partial charge on any atom is 0.211 e. The van der Waals surface area contributed by atoms with E-state index in [2.05, 4.69) is 0 Å². The van der Waals surface area contributed by atoms with Crippen molar-refractivity contribution in [3.05, 3.63) is 0 Å². The van der Waals surface area contributed by atoms with Gasteiger partial charge in [0.25, 0.3) is 0 Å². The Hall–Kier alpha value is -0.0900. The first-order chi connectivity index (χ1) is 5.52. The van der Waals surface area contributed by atoms with Crippen molar-refractivity contribution < 1.29 is 8.42 Å². The van der Waals surface area contributed by atoms with Gasteiger partial charge in [-0.2, -0.15) is 4.31 Å². The van der Waals surface area contributed by atoms with Gasteiger partial charge in [-0.05, 0) is 19.8 Å². The fraction of sp³-hybridized carbons (Fsp3) is 1.00. The molecule has 0 amide bonds. The summed E-state index contributed by atoms with van der Waals surface area (Å²) < 4.78 is 23.5. The van der Waals surface area contributed by atoms with Crippen molar-refractivity contribution >= 4 is 10.0 Å². The van der Waals surface area contributed by atoms with E-state index in [-0.39, 0.29) is 6.04 Å². The van der Waals surface area contributed by atoms with E-state index in [1.807, 2.05) is 20.8 Å². The second-order valence-corrected chi connectivity index (χ2v) is 4.80. The average molecular weight is 193 g/mol. The number of hydrogen-bond donors (Lipinski definition) is 0. The third-order valence-electron chi connectivity index (χ3n) is 1.92. The van der Waals surface area contributed by atoms with E-state index in [1.54, 1.807) is 4.31 Å².